The first-order valence-electron chi connectivity index (χ1n) is 9.58. The summed E-state index contributed by atoms with van der Waals surface area (Å²) in [5.41, 5.74) is 4.94. The van der Waals surface area contributed by atoms with Crippen LogP contribution in [-0.2, 0) is 21.2 Å². The zero-order chi connectivity index (χ0) is 20.9. The zero-order valence-corrected chi connectivity index (χ0v) is 18.1. The largest absolute Gasteiger partial charge is 0.348 e. The smallest absolute Gasteiger partial charge is 0.241 e. The van der Waals surface area contributed by atoms with Gasteiger partial charge in [-0.2, -0.15) is 0 Å². The first-order valence-corrected chi connectivity index (χ1v) is 11.4. The number of benzene rings is 2. The van der Waals surface area contributed by atoms with E-state index >= 15 is 0 Å². The number of rotatable bonds is 8. The summed E-state index contributed by atoms with van der Waals surface area (Å²) >= 11 is 0. The van der Waals surface area contributed by atoms with Crippen LogP contribution < -0.4 is 9.62 Å². The Morgan fingerprint density at radius 2 is 1.71 bits per heavy atom. The van der Waals surface area contributed by atoms with Gasteiger partial charge >= 0.3 is 0 Å². The minimum atomic E-state index is -3.58. The van der Waals surface area contributed by atoms with E-state index in [2.05, 4.69) is 11.4 Å². The van der Waals surface area contributed by atoms with Gasteiger partial charge in [0.1, 0.15) is 6.54 Å². The van der Waals surface area contributed by atoms with Crippen LogP contribution in [0.2, 0.25) is 0 Å². The fourth-order valence-electron chi connectivity index (χ4n) is 3.28. The summed E-state index contributed by atoms with van der Waals surface area (Å²) in [5.74, 6) is -0.322. The lowest BCUT2D eigenvalue weighted by Crippen LogP contribution is -2.41. The van der Waals surface area contributed by atoms with Crippen LogP contribution in [0.4, 0.5) is 5.69 Å². The Balaban J connectivity index is 2.20. The molecule has 0 heterocycles. The molecule has 1 unspecified atom stereocenters. The van der Waals surface area contributed by atoms with Crippen molar-refractivity contribution in [2.45, 2.75) is 46.6 Å². The molecule has 0 aliphatic carbocycles. The Morgan fingerprint density at radius 3 is 2.21 bits per heavy atom. The van der Waals surface area contributed by atoms with E-state index in [1.165, 1.54) is 5.56 Å². The Labute approximate surface area is 168 Å². The Bertz CT molecular complexity index is 921. The highest BCUT2D eigenvalue weighted by atomic mass is 32.2. The van der Waals surface area contributed by atoms with Gasteiger partial charge in [0, 0.05) is 0 Å². The average molecular weight is 403 g/mol. The molecule has 0 bridgehead atoms. The quantitative estimate of drug-likeness (QED) is 0.728. The summed E-state index contributed by atoms with van der Waals surface area (Å²) in [5, 5.41) is 2.99. The molecule has 0 radical (unpaired) electrons. The van der Waals surface area contributed by atoms with Crippen LogP contribution in [0.15, 0.2) is 42.5 Å². The highest BCUT2D eigenvalue weighted by Crippen LogP contribution is 2.23. The van der Waals surface area contributed by atoms with Crippen molar-refractivity contribution in [1.29, 1.82) is 0 Å². The van der Waals surface area contributed by atoms with Crippen molar-refractivity contribution < 1.29 is 13.2 Å². The van der Waals surface area contributed by atoms with Crippen molar-refractivity contribution in [3.63, 3.8) is 0 Å². The predicted molar refractivity (Wildman–Crippen MR) is 115 cm³/mol. The van der Waals surface area contributed by atoms with Crippen LogP contribution in [-0.4, -0.2) is 27.1 Å². The number of nitrogens with one attached hydrogen (secondary N) is 1. The summed E-state index contributed by atoms with van der Waals surface area (Å²) in [7, 11) is -3.58. The summed E-state index contributed by atoms with van der Waals surface area (Å²) in [4.78, 5) is 12.7. The van der Waals surface area contributed by atoms with Crippen molar-refractivity contribution >= 4 is 21.6 Å². The van der Waals surface area contributed by atoms with Gasteiger partial charge in [0.25, 0.3) is 0 Å². The summed E-state index contributed by atoms with van der Waals surface area (Å²) in [6.07, 6.45) is 2.71. The molecule has 0 aromatic heterocycles. The van der Waals surface area contributed by atoms with E-state index < -0.39 is 10.0 Å². The van der Waals surface area contributed by atoms with Gasteiger partial charge in [0.05, 0.1) is 18.0 Å². The second-order valence-electron chi connectivity index (χ2n) is 7.18. The number of aryl methyl sites for hydroxylation is 3. The number of carbonyl (C=O) groups is 1. The number of hydrogen-bond donors (Lipinski definition) is 1. The van der Waals surface area contributed by atoms with Crippen LogP contribution in [0.3, 0.4) is 0 Å². The van der Waals surface area contributed by atoms with Crippen LogP contribution in [0.25, 0.3) is 0 Å². The van der Waals surface area contributed by atoms with Crippen LogP contribution >= 0.6 is 0 Å². The maximum Gasteiger partial charge on any atom is 0.241 e. The van der Waals surface area contributed by atoms with Crippen molar-refractivity contribution in [3.8, 4) is 0 Å². The molecule has 0 aliphatic heterocycles. The summed E-state index contributed by atoms with van der Waals surface area (Å²) < 4.78 is 25.7. The first-order chi connectivity index (χ1) is 13.2. The fourth-order valence-corrected chi connectivity index (χ4v) is 4.14. The van der Waals surface area contributed by atoms with Crippen molar-refractivity contribution in [2.75, 3.05) is 17.1 Å². The minimum Gasteiger partial charge on any atom is -0.348 e. The molecular weight excluding hydrogens is 372 g/mol. The highest BCUT2D eigenvalue weighted by molar-refractivity contribution is 7.92. The van der Waals surface area contributed by atoms with E-state index in [0.717, 1.165) is 40.1 Å². The third-order valence-corrected chi connectivity index (χ3v) is 6.00. The molecular formula is C22H30N2O3S. The van der Waals surface area contributed by atoms with E-state index in [9.17, 15) is 13.2 Å². The van der Waals surface area contributed by atoms with Gasteiger partial charge in [-0.15, -0.1) is 0 Å². The Kier molecular flexibility index (Phi) is 7.24. The SMILES string of the molecule is CCc1ccc(N(CC(=O)NC(CC)c2ccc(C)cc2C)S(C)(=O)=O)cc1. The van der Waals surface area contributed by atoms with Crippen molar-refractivity contribution in [2.24, 2.45) is 0 Å². The number of hydrogen-bond acceptors (Lipinski definition) is 3. The summed E-state index contributed by atoms with van der Waals surface area (Å²) in [6.45, 7) is 7.85. The van der Waals surface area contributed by atoms with Gasteiger partial charge in [0.2, 0.25) is 15.9 Å². The number of anilines is 1. The second kappa shape index (κ2) is 9.24. The number of nitrogens with zero attached hydrogens (tertiary/aromatic N) is 1. The van der Waals surface area contributed by atoms with Crippen LogP contribution in [0.5, 0.6) is 0 Å². The maximum absolute atomic E-state index is 12.7. The van der Waals surface area contributed by atoms with Gasteiger partial charge in [-0.3, -0.25) is 9.10 Å². The van der Waals surface area contributed by atoms with Gasteiger partial charge in [-0.25, -0.2) is 8.42 Å². The topological polar surface area (TPSA) is 66.5 Å². The number of amides is 1. The third-order valence-electron chi connectivity index (χ3n) is 4.86. The molecule has 2 aromatic carbocycles. The lowest BCUT2D eigenvalue weighted by atomic mass is 9.97. The Morgan fingerprint density at radius 1 is 1.07 bits per heavy atom. The lowest BCUT2D eigenvalue weighted by molar-refractivity contribution is -0.120. The second-order valence-corrected chi connectivity index (χ2v) is 9.08. The molecule has 0 spiro atoms. The van der Waals surface area contributed by atoms with Gasteiger partial charge < -0.3 is 5.32 Å². The maximum atomic E-state index is 12.7. The molecule has 28 heavy (non-hydrogen) atoms. The van der Waals surface area contributed by atoms with E-state index in [4.69, 9.17) is 0 Å². The first kappa shape index (κ1) is 22.0. The highest BCUT2D eigenvalue weighted by Gasteiger charge is 2.23. The lowest BCUT2D eigenvalue weighted by Gasteiger charge is -2.25. The average Bonchev–Trinajstić information content (AvgIpc) is 2.64. The molecule has 1 N–H and O–H groups in total. The molecule has 2 rings (SSSR count). The molecule has 152 valence electrons. The number of carbonyl (C=O) groups excluding carboxylic acids is 1. The van der Waals surface area contributed by atoms with Crippen molar-refractivity contribution in [3.05, 3.63) is 64.7 Å². The molecule has 1 atom stereocenters. The van der Waals surface area contributed by atoms with Gasteiger partial charge in [-0.05, 0) is 55.5 Å². The standard InChI is InChI=1S/C22H30N2O3S/c1-6-18-9-11-19(12-10-18)24(28(5,26)27)15-22(25)23-21(7-2)20-13-8-16(3)14-17(20)4/h8-14,21H,6-7,15H2,1-5H3,(H,23,25). The van der Waals surface area contributed by atoms with Gasteiger partial charge in [-0.1, -0.05) is 49.7 Å². The summed E-state index contributed by atoms with van der Waals surface area (Å²) in [6, 6.07) is 13.2. The normalized spacial score (nSPS) is 12.5. The van der Waals surface area contributed by atoms with E-state index in [1.54, 1.807) is 12.1 Å². The monoisotopic (exact) mass is 402 g/mol. The number of sulfonamides is 1. The third kappa shape index (κ3) is 5.58. The van der Waals surface area contributed by atoms with Crippen LogP contribution in [0, 0.1) is 13.8 Å². The molecule has 1 amide bonds. The van der Waals surface area contributed by atoms with E-state index in [-0.39, 0.29) is 18.5 Å². The molecule has 0 fully saturated rings. The van der Waals surface area contributed by atoms with E-state index in [0.29, 0.717) is 5.69 Å². The molecule has 5 nitrogen and oxygen atoms in total. The van der Waals surface area contributed by atoms with E-state index in [1.807, 2.05) is 52.0 Å². The molecule has 0 saturated heterocycles. The predicted octanol–water partition coefficient (Wildman–Crippen LogP) is 3.90. The van der Waals surface area contributed by atoms with Crippen LogP contribution in [0.1, 0.15) is 48.6 Å². The molecule has 6 heteroatoms. The zero-order valence-electron chi connectivity index (χ0n) is 17.3. The Hall–Kier alpha value is -2.34. The minimum absolute atomic E-state index is 0.156. The molecule has 0 aliphatic rings. The molecule has 2 aromatic rings. The van der Waals surface area contributed by atoms with Gasteiger partial charge in [0.15, 0.2) is 0 Å². The molecule has 0 saturated carbocycles. The van der Waals surface area contributed by atoms with Crippen molar-refractivity contribution in [1.82, 2.24) is 5.32 Å². The fraction of sp³-hybridized carbons (Fsp3) is 0.409.